The molecule has 2 rings (SSSR count). The second-order valence-electron chi connectivity index (χ2n) is 3.01. The third kappa shape index (κ3) is 1.59. The minimum absolute atomic E-state index is 0.184. The minimum atomic E-state index is -1.31. The van der Waals surface area contributed by atoms with Gasteiger partial charge in [0.2, 0.25) is 0 Å². The van der Waals surface area contributed by atoms with Crippen LogP contribution < -0.4 is 4.31 Å². The molecule has 0 aromatic heterocycles. The van der Waals surface area contributed by atoms with Crippen molar-refractivity contribution in [2.24, 2.45) is 0 Å². The zero-order chi connectivity index (χ0) is 9.26. The summed E-state index contributed by atoms with van der Waals surface area (Å²) in [5.41, 5.74) is 0.950. The topological polar surface area (TPSA) is 29.5 Å². The number of hydrogen-bond donors (Lipinski definition) is 0. The first-order chi connectivity index (χ1) is 6.29. The summed E-state index contributed by atoms with van der Waals surface area (Å²) < 4.78 is 18.2. The normalized spacial score (nSPS) is 27.9. The molecule has 1 heterocycles. The van der Waals surface area contributed by atoms with E-state index in [0.717, 1.165) is 5.69 Å². The van der Waals surface area contributed by atoms with Gasteiger partial charge in [-0.2, -0.15) is 0 Å². The van der Waals surface area contributed by atoms with E-state index in [1.165, 1.54) is 0 Å². The van der Waals surface area contributed by atoms with E-state index in [9.17, 15) is 4.21 Å². The van der Waals surface area contributed by atoms with Gasteiger partial charge in [-0.3, -0.25) is 8.49 Å². The maximum absolute atomic E-state index is 11.4. The molecule has 0 aliphatic carbocycles. The fraction of sp³-hybridized carbons (Fsp3) is 0.333. The standard InChI is InChI=1S/C9H11NO2S/c1-8-7-12-13(11)10(8)9-5-3-2-4-6-9/h2-6,8H,7H2,1H3/t8-,13?/m0/s1. The average molecular weight is 197 g/mol. The maximum Gasteiger partial charge on any atom is 0.264 e. The Balaban J connectivity index is 2.30. The van der Waals surface area contributed by atoms with E-state index < -0.39 is 11.3 Å². The summed E-state index contributed by atoms with van der Waals surface area (Å²) in [5, 5.41) is 0. The Kier molecular flexibility index (Phi) is 2.33. The summed E-state index contributed by atoms with van der Waals surface area (Å²) in [7, 11) is 0. The van der Waals surface area contributed by atoms with Crippen LogP contribution in [0.15, 0.2) is 30.3 Å². The maximum atomic E-state index is 11.4. The molecule has 13 heavy (non-hydrogen) atoms. The summed E-state index contributed by atoms with van der Waals surface area (Å²) in [6, 6.07) is 9.85. The van der Waals surface area contributed by atoms with E-state index >= 15 is 0 Å². The first-order valence-corrected chi connectivity index (χ1v) is 5.21. The molecule has 1 aromatic rings. The predicted octanol–water partition coefficient (Wildman–Crippen LogP) is 1.49. The van der Waals surface area contributed by atoms with Crippen molar-refractivity contribution < 1.29 is 8.39 Å². The van der Waals surface area contributed by atoms with Crippen LogP contribution in [0.2, 0.25) is 0 Å². The molecular weight excluding hydrogens is 186 g/mol. The van der Waals surface area contributed by atoms with Gasteiger partial charge in [0.1, 0.15) is 0 Å². The van der Waals surface area contributed by atoms with E-state index in [4.69, 9.17) is 4.18 Å². The highest BCUT2D eigenvalue weighted by molar-refractivity contribution is 7.82. The molecule has 0 bridgehead atoms. The zero-order valence-electron chi connectivity index (χ0n) is 7.34. The van der Waals surface area contributed by atoms with Crippen LogP contribution in [-0.2, 0) is 15.4 Å². The zero-order valence-corrected chi connectivity index (χ0v) is 8.16. The third-order valence-electron chi connectivity index (χ3n) is 1.98. The number of anilines is 1. The smallest absolute Gasteiger partial charge is 0.264 e. The van der Waals surface area contributed by atoms with Crippen molar-refractivity contribution in [3.63, 3.8) is 0 Å². The van der Waals surface area contributed by atoms with Gasteiger partial charge in [-0.15, -0.1) is 0 Å². The summed E-state index contributed by atoms with van der Waals surface area (Å²) in [4.78, 5) is 0. The van der Waals surface area contributed by atoms with Crippen LogP contribution in [0.1, 0.15) is 6.92 Å². The second-order valence-corrected chi connectivity index (χ2v) is 4.08. The van der Waals surface area contributed by atoms with Gasteiger partial charge in [0.25, 0.3) is 11.3 Å². The summed E-state index contributed by atoms with van der Waals surface area (Å²) in [6.45, 7) is 2.53. The first-order valence-electron chi connectivity index (χ1n) is 4.18. The van der Waals surface area contributed by atoms with E-state index in [1.807, 2.05) is 37.3 Å². The molecule has 1 aliphatic heterocycles. The SMILES string of the molecule is C[C@H]1COS(=O)N1c1ccccc1. The Hall–Kier alpha value is -0.870. The monoisotopic (exact) mass is 197 g/mol. The molecule has 0 radical (unpaired) electrons. The lowest BCUT2D eigenvalue weighted by Crippen LogP contribution is -2.28. The lowest BCUT2D eigenvalue weighted by molar-refractivity contribution is 0.366. The van der Waals surface area contributed by atoms with Crippen molar-refractivity contribution in [2.75, 3.05) is 10.9 Å². The van der Waals surface area contributed by atoms with Gasteiger partial charge in [-0.25, -0.2) is 4.21 Å². The number of benzene rings is 1. The molecule has 0 N–H and O–H groups in total. The Bertz CT molecular complexity index is 315. The van der Waals surface area contributed by atoms with E-state index in [2.05, 4.69) is 0 Å². The lowest BCUT2D eigenvalue weighted by Gasteiger charge is -2.18. The van der Waals surface area contributed by atoms with Gasteiger partial charge in [0.15, 0.2) is 0 Å². The molecule has 0 spiro atoms. The van der Waals surface area contributed by atoms with Crippen LogP contribution in [0.4, 0.5) is 5.69 Å². The van der Waals surface area contributed by atoms with Crippen molar-refractivity contribution in [1.29, 1.82) is 0 Å². The summed E-state index contributed by atoms with van der Waals surface area (Å²) in [5.74, 6) is 0. The molecule has 1 aromatic carbocycles. The first kappa shape index (κ1) is 8.72. The van der Waals surface area contributed by atoms with Crippen molar-refractivity contribution in [2.45, 2.75) is 13.0 Å². The predicted molar refractivity (Wildman–Crippen MR) is 52.5 cm³/mol. The van der Waals surface area contributed by atoms with Crippen LogP contribution in [0.3, 0.4) is 0 Å². The Morgan fingerprint density at radius 2 is 2.15 bits per heavy atom. The highest BCUT2D eigenvalue weighted by Crippen LogP contribution is 2.23. The van der Waals surface area contributed by atoms with E-state index in [1.54, 1.807) is 4.31 Å². The quantitative estimate of drug-likeness (QED) is 0.682. The molecule has 1 saturated heterocycles. The van der Waals surface area contributed by atoms with Gasteiger partial charge >= 0.3 is 0 Å². The third-order valence-corrected chi connectivity index (χ3v) is 3.21. The van der Waals surface area contributed by atoms with Gasteiger partial charge in [0, 0.05) is 0 Å². The largest absolute Gasteiger partial charge is 0.272 e. The molecule has 4 heteroatoms. The minimum Gasteiger partial charge on any atom is -0.272 e. The number of rotatable bonds is 1. The fourth-order valence-electron chi connectivity index (χ4n) is 1.34. The molecule has 2 atom stereocenters. The molecule has 3 nitrogen and oxygen atoms in total. The Morgan fingerprint density at radius 3 is 2.69 bits per heavy atom. The average Bonchev–Trinajstić information content (AvgIpc) is 2.48. The number of para-hydroxylation sites is 1. The van der Waals surface area contributed by atoms with Gasteiger partial charge in [0.05, 0.1) is 18.3 Å². The van der Waals surface area contributed by atoms with Crippen molar-refractivity contribution in [3.8, 4) is 0 Å². The number of nitrogens with zero attached hydrogens (tertiary/aromatic N) is 1. The van der Waals surface area contributed by atoms with E-state index in [-0.39, 0.29) is 6.04 Å². The van der Waals surface area contributed by atoms with Crippen LogP contribution in [0.5, 0.6) is 0 Å². The molecule has 0 amide bonds. The van der Waals surface area contributed by atoms with Crippen molar-refractivity contribution >= 4 is 17.0 Å². The molecule has 0 saturated carbocycles. The molecule has 70 valence electrons. The Labute approximate surface area is 80.1 Å². The van der Waals surface area contributed by atoms with Gasteiger partial charge in [-0.1, -0.05) is 18.2 Å². The summed E-state index contributed by atoms with van der Waals surface area (Å²) >= 11 is -1.31. The van der Waals surface area contributed by atoms with Crippen LogP contribution in [-0.4, -0.2) is 16.9 Å². The van der Waals surface area contributed by atoms with Crippen LogP contribution >= 0.6 is 0 Å². The fourth-order valence-corrected chi connectivity index (χ4v) is 2.42. The Morgan fingerprint density at radius 1 is 1.46 bits per heavy atom. The molecule has 1 unspecified atom stereocenters. The molecular formula is C9H11NO2S. The van der Waals surface area contributed by atoms with Crippen molar-refractivity contribution in [1.82, 2.24) is 0 Å². The van der Waals surface area contributed by atoms with Gasteiger partial charge in [-0.05, 0) is 19.1 Å². The van der Waals surface area contributed by atoms with E-state index in [0.29, 0.717) is 6.61 Å². The van der Waals surface area contributed by atoms with Crippen molar-refractivity contribution in [3.05, 3.63) is 30.3 Å². The van der Waals surface area contributed by atoms with Crippen LogP contribution in [0.25, 0.3) is 0 Å². The number of hydrogen-bond acceptors (Lipinski definition) is 2. The summed E-state index contributed by atoms with van der Waals surface area (Å²) in [6.07, 6.45) is 0. The molecule has 1 aliphatic rings. The van der Waals surface area contributed by atoms with Gasteiger partial charge < -0.3 is 0 Å². The highest BCUT2D eigenvalue weighted by atomic mass is 32.2. The molecule has 1 fully saturated rings. The van der Waals surface area contributed by atoms with Crippen LogP contribution in [0, 0.1) is 0 Å². The lowest BCUT2D eigenvalue weighted by atomic mass is 10.3. The highest BCUT2D eigenvalue weighted by Gasteiger charge is 2.28. The second kappa shape index (κ2) is 3.47.